The van der Waals surface area contributed by atoms with Gasteiger partial charge in [-0.1, -0.05) is 18.2 Å². The zero-order valence-corrected chi connectivity index (χ0v) is 17.9. The van der Waals surface area contributed by atoms with Crippen LogP contribution >= 0.6 is 0 Å². The van der Waals surface area contributed by atoms with E-state index in [2.05, 4.69) is 43.2 Å². The molecule has 2 aromatic carbocycles. The van der Waals surface area contributed by atoms with Gasteiger partial charge in [-0.25, -0.2) is 19.4 Å². The van der Waals surface area contributed by atoms with Crippen LogP contribution in [0.2, 0.25) is 0 Å². The standard InChI is InChI=1S/C24H24N6O2/c1-32-24(31)19-7-8-21-22(13-19)25-17-26-23(21)29-11-9-28(10-12-29)15-18-14-27-30(16-18)20-5-3-2-4-6-20/h2-8,13-14,16-17H,9-12,15H2,1H3. The number of methoxy groups -OCH3 is 1. The van der Waals surface area contributed by atoms with Crippen LogP contribution in [-0.2, 0) is 11.3 Å². The Hall–Kier alpha value is -3.78. The van der Waals surface area contributed by atoms with Crippen molar-refractivity contribution in [2.24, 2.45) is 0 Å². The van der Waals surface area contributed by atoms with E-state index in [9.17, 15) is 4.79 Å². The van der Waals surface area contributed by atoms with Crippen LogP contribution in [0.1, 0.15) is 15.9 Å². The van der Waals surface area contributed by atoms with Crippen molar-refractivity contribution in [3.63, 3.8) is 0 Å². The number of ether oxygens (including phenoxy) is 1. The molecule has 1 saturated heterocycles. The molecule has 0 amide bonds. The zero-order valence-electron chi connectivity index (χ0n) is 17.9. The van der Waals surface area contributed by atoms with Crippen molar-refractivity contribution in [3.05, 3.63) is 78.4 Å². The molecule has 8 heteroatoms. The smallest absolute Gasteiger partial charge is 0.337 e. The Bertz CT molecular complexity index is 1230. The molecule has 1 aliphatic heterocycles. The summed E-state index contributed by atoms with van der Waals surface area (Å²) in [6.45, 7) is 4.48. The van der Waals surface area contributed by atoms with Crippen LogP contribution in [0.5, 0.6) is 0 Å². The maximum absolute atomic E-state index is 11.8. The average molecular weight is 428 g/mol. The molecular weight excluding hydrogens is 404 g/mol. The number of esters is 1. The van der Waals surface area contributed by atoms with Crippen molar-refractivity contribution in [1.82, 2.24) is 24.6 Å². The molecule has 0 spiro atoms. The number of carbonyl (C=O) groups excluding carboxylic acids is 1. The first kappa shape index (κ1) is 20.1. The van der Waals surface area contributed by atoms with E-state index in [1.807, 2.05) is 35.1 Å². The third-order valence-electron chi connectivity index (χ3n) is 5.77. The number of rotatable bonds is 5. The SMILES string of the molecule is COC(=O)c1ccc2c(N3CCN(Cc4cnn(-c5ccccc5)c4)CC3)ncnc2c1. The number of piperazine rings is 1. The Kier molecular flexibility index (Phi) is 5.51. The van der Waals surface area contributed by atoms with Gasteiger partial charge < -0.3 is 9.64 Å². The van der Waals surface area contributed by atoms with Gasteiger partial charge in [-0.05, 0) is 30.3 Å². The number of fused-ring (bicyclic) bond motifs is 1. The molecule has 0 atom stereocenters. The van der Waals surface area contributed by atoms with Crippen LogP contribution in [0, 0.1) is 0 Å². The van der Waals surface area contributed by atoms with Gasteiger partial charge in [0.25, 0.3) is 0 Å². The minimum atomic E-state index is -0.365. The minimum Gasteiger partial charge on any atom is -0.465 e. The van der Waals surface area contributed by atoms with Gasteiger partial charge in [-0.15, -0.1) is 0 Å². The van der Waals surface area contributed by atoms with Crippen LogP contribution in [0.3, 0.4) is 0 Å². The van der Waals surface area contributed by atoms with E-state index in [0.717, 1.165) is 55.1 Å². The van der Waals surface area contributed by atoms with Crippen LogP contribution in [0.4, 0.5) is 5.82 Å². The van der Waals surface area contributed by atoms with Crippen molar-refractivity contribution in [1.29, 1.82) is 0 Å². The van der Waals surface area contributed by atoms with Crippen molar-refractivity contribution in [3.8, 4) is 5.69 Å². The number of nitrogens with zero attached hydrogens (tertiary/aromatic N) is 6. The zero-order chi connectivity index (χ0) is 21.9. The lowest BCUT2D eigenvalue weighted by Gasteiger charge is -2.35. The topological polar surface area (TPSA) is 76.4 Å². The molecule has 0 N–H and O–H groups in total. The van der Waals surface area contributed by atoms with Gasteiger partial charge in [-0.3, -0.25) is 4.90 Å². The van der Waals surface area contributed by atoms with Crippen LogP contribution < -0.4 is 4.90 Å². The normalized spacial score (nSPS) is 14.6. The second-order valence-corrected chi connectivity index (χ2v) is 7.81. The molecule has 0 radical (unpaired) electrons. The van der Waals surface area contributed by atoms with Crippen molar-refractivity contribution < 1.29 is 9.53 Å². The Balaban J connectivity index is 1.25. The van der Waals surface area contributed by atoms with Gasteiger partial charge in [0.2, 0.25) is 0 Å². The summed E-state index contributed by atoms with van der Waals surface area (Å²) in [5.41, 5.74) is 3.50. The first-order valence-electron chi connectivity index (χ1n) is 10.6. The first-order valence-corrected chi connectivity index (χ1v) is 10.6. The number of benzene rings is 2. The molecule has 0 aliphatic carbocycles. The number of hydrogen-bond donors (Lipinski definition) is 0. The molecule has 0 saturated carbocycles. The molecule has 2 aromatic heterocycles. The summed E-state index contributed by atoms with van der Waals surface area (Å²) in [4.78, 5) is 25.4. The third kappa shape index (κ3) is 4.04. The predicted molar refractivity (Wildman–Crippen MR) is 122 cm³/mol. The lowest BCUT2D eigenvalue weighted by Crippen LogP contribution is -2.46. The molecule has 0 unspecified atom stereocenters. The first-order chi connectivity index (χ1) is 15.7. The van der Waals surface area contributed by atoms with Gasteiger partial charge in [0, 0.05) is 49.9 Å². The number of hydrogen-bond acceptors (Lipinski definition) is 7. The summed E-state index contributed by atoms with van der Waals surface area (Å²) >= 11 is 0. The number of para-hydroxylation sites is 1. The monoisotopic (exact) mass is 428 g/mol. The molecule has 0 bridgehead atoms. The maximum Gasteiger partial charge on any atom is 0.337 e. The van der Waals surface area contributed by atoms with E-state index < -0.39 is 0 Å². The lowest BCUT2D eigenvalue weighted by atomic mass is 10.1. The second kappa shape index (κ2) is 8.76. The molecule has 32 heavy (non-hydrogen) atoms. The third-order valence-corrected chi connectivity index (χ3v) is 5.77. The molecule has 4 aromatic rings. The van der Waals surface area contributed by atoms with E-state index in [1.165, 1.54) is 12.7 Å². The fourth-order valence-corrected chi connectivity index (χ4v) is 4.08. The highest BCUT2D eigenvalue weighted by Gasteiger charge is 2.21. The number of anilines is 1. The van der Waals surface area contributed by atoms with Gasteiger partial charge >= 0.3 is 5.97 Å². The van der Waals surface area contributed by atoms with Gasteiger partial charge in [0.1, 0.15) is 12.1 Å². The second-order valence-electron chi connectivity index (χ2n) is 7.81. The van der Waals surface area contributed by atoms with E-state index in [1.54, 1.807) is 18.5 Å². The summed E-state index contributed by atoms with van der Waals surface area (Å²) in [6.07, 6.45) is 5.60. The van der Waals surface area contributed by atoms with E-state index in [0.29, 0.717) is 5.56 Å². The number of aromatic nitrogens is 4. The van der Waals surface area contributed by atoms with Gasteiger partial charge in [0.05, 0.1) is 30.1 Å². The molecule has 3 heterocycles. The molecule has 1 aliphatic rings. The molecule has 8 nitrogen and oxygen atoms in total. The summed E-state index contributed by atoms with van der Waals surface area (Å²) in [5, 5.41) is 5.45. The van der Waals surface area contributed by atoms with Crippen LogP contribution in [-0.4, -0.2) is 63.9 Å². The summed E-state index contributed by atoms with van der Waals surface area (Å²) in [5.74, 6) is 0.541. The van der Waals surface area contributed by atoms with Crippen molar-refractivity contribution in [2.75, 3.05) is 38.2 Å². The highest BCUT2D eigenvalue weighted by atomic mass is 16.5. The predicted octanol–water partition coefficient (Wildman–Crippen LogP) is 2.92. The maximum atomic E-state index is 11.8. The molecular formula is C24H24N6O2. The quantitative estimate of drug-likeness (QED) is 0.453. The van der Waals surface area contributed by atoms with E-state index in [4.69, 9.17) is 4.74 Å². The highest BCUT2D eigenvalue weighted by Crippen LogP contribution is 2.25. The molecule has 1 fully saturated rings. The summed E-state index contributed by atoms with van der Waals surface area (Å²) in [6, 6.07) is 15.6. The highest BCUT2D eigenvalue weighted by molar-refractivity contribution is 5.97. The largest absolute Gasteiger partial charge is 0.465 e. The van der Waals surface area contributed by atoms with Crippen LogP contribution in [0.15, 0.2) is 67.3 Å². The Morgan fingerprint density at radius 1 is 1.03 bits per heavy atom. The summed E-state index contributed by atoms with van der Waals surface area (Å²) in [7, 11) is 1.38. The fourth-order valence-electron chi connectivity index (χ4n) is 4.08. The van der Waals surface area contributed by atoms with E-state index in [-0.39, 0.29) is 5.97 Å². The fraction of sp³-hybridized carbons (Fsp3) is 0.250. The Morgan fingerprint density at radius 3 is 2.62 bits per heavy atom. The van der Waals surface area contributed by atoms with E-state index >= 15 is 0 Å². The minimum absolute atomic E-state index is 0.365. The van der Waals surface area contributed by atoms with Crippen molar-refractivity contribution >= 4 is 22.7 Å². The number of carbonyl (C=O) groups is 1. The van der Waals surface area contributed by atoms with Crippen molar-refractivity contribution in [2.45, 2.75) is 6.54 Å². The Morgan fingerprint density at radius 2 is 1.84 bits per heavy atom. The molecule has 162 valence electrons. The van der Waals surface area contributed by atoms with Gasteiger partial charge in [-0.2, -0.15) is 5.10 Å². The van der Waals surface area contributed by atoms with Gasteiger partial charge in [0.15, 0.2) is 0 Å². The Labute approximate surface area is 186 Å². The average Bonchev–Trinajstić information content (AvgIpc) is 3.32. The lowest BCUT2D eigenvalue weighted by molar-refractivity contribution is 0.0601. The molecule has 5 rings (SSSR count). The summed E-state index contributed by atoms with van der Waals surface area (Å²) < 4.78 is 6.73. The van der Waals surface area contributed by atoms with Crippen LogP contribution in [0.25, 0.3) is 16.6 Å².